The van der Waals surface area contributed by atoms with Crippen LogP contribution in [0.5, 0.6) is 0 Å². The topological polar surface area (TPSA) is 36.1 Å². The predicted molar refractivity (Wildman–Crippen MR) is 33.5 cm³/mol. The zero-order valence-electron chi connectivity index (χ0n) is 5.05. The Morgan fingerprint density at radius 2 is 2.38 bits per heavy atom. The molecule has 0 rings (SSSR count). The molecule has 0 aromatic heterocycles. The minimum Gasteiger partial charge on any atom is -0.266 e. The maximum atomic E-state index is 8.06. The first kappa shape index (κ1) is 6.90. The molecule has 2 heteroatoms. The lowest BCUT2D eigenvalue weighted by Gasteiger charge is -1.80. The largest absolute Gasteiger partial charge is 0.266 e. The number of hydrogen-bond acceptors (Lipinski definition) is 2. The van der Waals surface area contributed by atoms with Gasteiger partial charge in [0.05, 0.1) is 6.07 Å². The molecule has 0 amide bonds. The van der Waals surface area contributed by atoms with Crippen molar-refractivity contribution >= 4 is 6.21 Å². The number of rotatable bonds is 1. The van der Waals surface area contributed by atoms with Crippen molar-refractivity contribution in [1.29, 1.82) is 5.26 Å². The minimum absolute atomic E-state index is 0.745. The highest BCUT2D eigenvalue weighted by molar-refractivity contribution is 5.55. The SMILES string of the molecule is CC=N/C(C)=C\C#N. The van der Waals surface area contributed by atoms with E-state index in [0.717, 1.165) is 5.70 Å². The lowest BCUT2D eigenvalue weighted by molar-refractivity contribution is 1.31. The van der Waals surface area contributed by atoms with Crippen LogP contribution in [0.3, 0.4) is 0 Å². The summed E-state index contributed by atoms with van der Waals surface area (Å²) in [4.78, 5) is 3.83. The Bertz CT molecular complexity index is 148. The van der Waals surface area contributed by atoms with E-state index >= 15 is 0 Å². The van der Waals surface area contributed by atoms with Crippen LogP contribution in [-0.4, -0.2) is 6.21 Å². The van der Waals surface area contributed by atoms with Crippen LogP contribution in [0, 0.1) is 11.3 Å². The third-order valence-corrected chi connectivity index (χ3v) is 0.606. The van der Waals surface area contributed by atoms with Crippen LogP contribution < -0.4 is 0 Å². The molecule has 0 bridgehead atoms. The molecule has 0 aliphatic carbocycles. The van der Waals surface area contributed by atoms with Crippen LogP contribution in [0.25, 0.3) is 0 Å². The Labute approximate surface area is 49.2 Å². The van der Waals surface area contributed by atoms with E-state index in [1.54, 1.807) is 13.1 Å². The van der Waals surface area contributed by atoms with E-state index in [0.29, 0.717) is 0 Å². The van der Waals surface area contributed by atoms with Gasteiger partial charge in [0.2, 0.25) is 0 Å². The molecule has 8 heavy (non-hydrogen) atoms. The summed E-state index contributed by atoms with van der Waals surface area (Å²) in [5, 5.41) is 8.06. The van der Waals surface area contributed by atoms with Gasteiger partial charge in [-0.05, 0) is 13.8 Å². The second-order valence-corrected chi connectivity index (χ2v) is 1.30. The molecule has 0 aliphatic heterocycles. The van der Waals surface area contributed by atoms with Gasteiger partial charge in [-0.2, -0.15) is 5.26 Å². The van der Waals surface area contributed by atoms with Crippen LogP contribution in [-0.2, 0) is 0 Å². The summed E-state index contributed by atoms with van der Waals surface area (Å²) in [5.74, 6) is 0. The fourth-order valence-corrected chi connectivity index (χ4v) is 0.334. The van der Waals surface area contributed by atoms with Crippen LogP contribution >= 0.6 is 0 Å². The lowest BCUT2D eigenvalue weighted by atomic mass is 10.5. The van der Waals surface area contributed by atoms with Crippen molar-refractivity contribution in [1.82, 2.24) is 0 Å². The lowest BCUT2D eigenvalue weighted by Crippen LogP contribution is -1.66. The monoisotopic (exact) mass is 108 g/mol. The summed E-state index contributed by atoms with van der Waals surface area (Å²) in [6.07, 6.45) is 3.06. The van der Waals surface area contributed by atoms with Crippen LogP contribution in [0.1, 0.15) is 13.8 Å². The van der Waals surface area contributed by atoms with E-state index in [-0.39, 0.29) is 0 Å². The van der Waals surface area contributed by atoms with E-state index < -0.39 is 0 Å². The maximum Gasteiger partial charge on any atom is 0.0931 e. The second-order valence-electron chi connectivity index (χ2n) is 1.30. The van der Waals surface area contributed by atoms with Gasteiger partial charge in [-0.25, -0.2) is 0 Å². The zero-order chi connectivity index (χ0) is 6.41. The predicted octanol–water partition coefficient (Wildman–Crippen LogP) is 1.50. The molecule has 0 aromatic carbocycles. The molecule has 42 valence electrons. The van der Waals surface area contributed by atoms with Crippen LogP contribution in [0.2, 0.25) is 0 Å². The van der Waals surface area contributed by atoms with Crippen molar-refractivity contribution in [2.24, 2.45) is 4.99 Å². The summed E-state index contributed by atoms with van der Waals surface area (Å²) in [5.41, 5.74) is 0.745. The molecular weight excluding hydrogens is 100 g/mol. The average molecular weight is 108 g/mol. The molecule has 0 N–H and O–H groups in total. The molecule has 0 saturated carbocycles. The van der Waals surface area contributed by atoms with Crippen molar-refractivity contribution < 1.29 is 0 Å². The first-order valence-corrected chi connectivity index (χ1v) is 2.36. The summed E-state index contributed by atoms with van der Waals surface area (Å²) < 4.78 is 0. The molecular formula is C6H8N2. The van der Waals surface area contributed by atoms with Gasteiger partial charge < -0.3 is 0 Å². The van der Waals surface area contributed by atoms with Gasteiger partial charge in [0, 0.05) is 18.0 Å². The molecule has 2 nitrogen and oxygen atoms in total. The molecule has 0 spiro atoms. The molecule has 0 fully saturated rings. The first-order chi connectivity index (χ1) is 3.81. The zero-order valence-corrected chi connectivity index (χ0v) is 5.05. The number of hydrogen-bond donors (Lipinski definition) is 0. The number of allylic oxidation sites excluding steroid dienone is 2. The Balaban J connectivity index is 3.85. The fraction of sp³-hybridized carbons (Fsp3) is 0.333. The third-order valence-electron chi connectivity index (χ3n) is 0.606. The van der Waals surface area contributed by atoms with Crippen molar-refractivity contribution in [3.63, 3.8) is 0 Å². The number of nitriles is 1. The quantitative estimate of drug-likeness (QED) is 0.370. The molecule has 0 unspecified atom stereocenters. The molecule has 0 aliphatic rings. The van der Waals surface area contributed by atoms with Crippen molar-refractivity contribution in [3.05, 3.63) is 11.8 Å². The third kappa shape index (κ3) is 3.10. The molecule has 0 aromatic rings. The fourth-order valence-electron chi connectivity index (χ4n) is 0.334. The van der Waals surface area contributed by atoms with Crippen molar-refractivity contribution in [3.8, 4) is 6.07 Å². The first-order valence-electron chi connectivity index (χ1n) is 2.36. The highest BCUT2D eigenvalue weighted by Gasteiger charge is 1.74. The van der Waals surface area contributed by atoms with Crippen LogP contribution in [0.15, 0.2) is 16.8 Å². The second kappa shape index (κ2) is 4.07. The van der Waals surface area contributed by atoms with E-state index in [2.05, 4.69) is 4.99 Å². The summed E-state index contributed by atoms with van der Waals surface area (Å²) in [7, 11) is 0. The maximum absolute atomic E-state index is 8.06. The van der Waals surface area contributed by atoms with E-state index in [1.807, 2.05) is 13.0 Å². The van der Waals surface area contributed by atoms with E-state index in [4.69, 9.17) is 5.26 Å². The number of nitrogens with zero attached hydrogens (tertiary/aromatic N) is 2. The van der Waals surface area contributed by atoms with Gasteiger partial charge in [0.1, 0.15) is 0 Å². The molecule has 0 atom stereocenters. The van der Waals surface area contributed by atoms with Gasteiger partial charge in [0.25, 0.3) is 0 Å². The van der Waals surface area contributed by atoms with E-state index in [9.17, 15) is 0 Å². The van der Waals surface area contributed by atoms with Crippen molar-refractivity contribution in [2.75, 3.05) is 0 Å². The smallest absolute Gasteiger partial charge is 0.0931 e. The van der Waals surface area contributed by atoms with Crippen LogP contribution in [0.4, 0.5) is 0 Å². The van der Waals surface area contributed by atoms with Gasteiger partial charge in [-0.3, -0.25) is 4.99 Å². The van der Waals surface area contributed by atoms with Gasteiger partial charge in [0.15, 0.2) is 0 Å². The van der Waals surface area contributed by atoms with E-state index in [1.165, 1.54) is 6.08 Å². The summed E-state index contributed by atoms with van der Waals surface area (Å²) >= 11 is 0. The summed E-state index contributed by atoms with van der Waals surface area (Å²) in [6, 6.07) is 1.88. The highest BCUT2D eigenvalue weighted by Crippen LogP contribution is 1.89. The number of aliphatic imine (C=N–C) groups is 1. The van der Waals surface area contributed by atoms with Gasteiger partial charge in [-0.15, -0.1) is 0 Å². The van der Waals surface area contributed by atoms with Crippen molar-refractivity contribution in [2.45, 2.75) is 13.8 Å². The van der Waals surface area contributed by atoms with Gasteiger partial charge in [-0.1, -0.05) is 0 Å². The normalized spacial score (nSPS) is 11.9. The Kier molecular flexibility index (Phi) is 3.51. The average Bonchev–Trinajstić information content (AvgIpc) is 1.68. The van der Waals surface area contributed by atoms with Gasteiger partial charge >= 0.3 is 0 Å². The minimum atomic E-state index is 0.745. The Morgan fingerprint density at radius 3 is 2.75 bits per heavy atom. The Hall–Kier alpha value is -1.10. The Morgan fingerprint density at radius 1 is 1.75 bits per heavy atom. The molecule has 0 heterocycles. The summed E-state index contributed by atoms with van der Waals surface area (Å²) in [6.45, 7) is 3.60. The standard InChI is InChI=1S/C6H8N2/c1-3-8-6(2)4-5-7/h3-4H,1-2H3/b6-4-,8-3?. The molecule has 0 saturated heterocycles. The molecule has 0 radical (unpaired) electrons. The highest BCUT2D eigenvalue weighted by atomic mass is 14.7.